The molecule has 3 heterocycles. The number of nitrogens with zero attached hydrogens (tertiary/aromatic N) is 5. The smallest absolute Gasteiger partial charge is 0.342 e. The van der Waals surface area contributed by atoms with Crippen LogP contribution >= 0.6 is 0 Å². The van der Waals surface area contributed by atoms with Crippen LogP contribution in [0.4, 0.5) is 13.2 Å². The molecule has 3 rings (SSSR count). The number of likely N-dealkylation sites (tertiary alicyclic amines) is 1. The Balaban J connectivity index is 1.43. The second kappa shape index (κ2) is 8.93. The fourth-order valence-corrected chi connectivity index (χ4v) is 3.61. The van der Waals surface area contributed by atoms with Gasteiger partial charge in [0.25, 0.3) is 0 Å². The first-order valence-electron chi connectivity index (χ1n) is 9.71. The predicted octanol–water partition coefficient (Wildman–Crippen LogP) is 1.45. The van der Waals surface area contributed by atoms with Crippen LogP contribution in [0.1, 0.15) is 31.4 Å². The summed E-state index contributed by atoms with van der Waals surface area (Å²) >= 11 is 0. The molecule has 2 aliphatic rings. The van der Waals surface area contributed by atoms with E-state index in [9.17, 15) is 22.8 Å². The Labute approximate surface area is 162 Å². The van der Waals surface area contributed by atoms with Gasteiger partial charge in [0.15, 0.2) is 5.69 Å². The Morgan fingerprint density at radius 1 is 0.857 bits per heavy atom. The van der Waals surface area contributed by atoms with E-state index in [2.05, 4.69) is 5.10 Å². The van der Waals surface area contributed by atoms with Crippen LogP contribution in [0.25, 0.3) is 0 Å². The fraction of sp³-hybridized carbons (Fsp3) is 0.722. The van der Waals surface area contributed by atoms with Gasteiger partial charge in [-0.3, -0.25) is 19.2 Å². The molecule has 0 aliphatic carbocycles. The Hall–Kier alpha value is -2.10. The van der Waals surface area contributed by atoms with Gasteiger partial charge in [0.05, 0.1) is 6.54 Å². The standard InChI is InChI=1S/C18H26F3N5O2/c19-18(20,21)15-5-8-26(22-15)14-17(28)25-11-9-23(10-12-25)13-16(27)24-6-3-1-2-4-7-24/h5,8H,1-4,6-7,9-14H2. The average molecular weight is 401 g/mol. The fourth-order valence-electron chi connectivity index (χ4n) is 3.61. The molecule has 156 valence electrons. The van der Waals surface area contributed by atoms with E-state index in [4.69, 9.17) is 0 Å². The predicted molar refractivity (Wildman–Crippen MR) is 95.3 cm³/mol. The minimum Gasteiger partial charge on any atom is -0.342 e. The summed E-state index contributed by atoms with van der Waals surface area (Å²) in [5.74, 6) is -0.131. The molecule has 2 saturated heterocycles. The maximum Gasteiger partial charge on any atom is 0.435 e. The van der Waals surface area contributed by atoms with Crippen molar-refractivity contribution in [1.29, 1.82) is 0 Å². The molecule has 0 radical (unpaired) electrons. The van der Waals surface area contributed by atoms with E-state index in [1.54, 1.807) is 4.90 Å². The zero-order chi connectivity index (χ0) is 20.1. The minimum atomic E-state index is -4.51. The molecule has 2 amide bonds. The highest BCUT2D eigenvalue weighted by Crippen LogP contribution is 2.27. The number of alkyl halides is 3. The zero-order valence-corrected chi connectivity index (χ0v) is 15.8. The summed E-state index contributed by atoms with van der Waals surface area (Å²) in [6, 6.07) is 0.861. The van der Waals surface area contributed by atoms with Gasteiger partial charge in [-0.1, -0.05) is 12.8 Å². The highest BCUT2D eigenvalue weighted by Gasteiger charge is 2.34. The van der Waals surface area contributed by atoms with Crippen molar-refractivity contribution >= 4 is 11.8 Å². The van der Waals surface area contributed by atoms with Crippen molar-refractivity contribution in [3.05, 3.63) is 18.0 Å². The van der Waals surface area contributed by atoms with Gasteiger partial charge in [-0.2, -0.15) is 18.3 Å². The van der Waals surface area contributed by atoms with Crippen LogP contribution < -0.4 is 0 Å². The van der Waals surface area contributed by atoms with Crippen molar-refractivity contribution in [2.45, 2.75) is 38.4 Å². The van der Waals surface area contributed by atoms with Gasteiger partial charge >= 0.3 is 6.18 Å². The number of halogens is 3. The molecule has 7 nitrogen and oxygen atoms in total. The lowest BCUT2D eigenvalue weighted by Crippen LogP contribution is -2.52. The summed E-state index contributed by atoms with van der Waals surface area (Å²) in [5, 5.41) is 3.41. The van der Waals surface area contributed by atoms with Crippen LogP contribution in [0.3, 0.4) is 0 Å². The second-order valence-corrected chi connectivity index (χ2v) is 7.35. The number of rotatable bonds is 4. The Bertz CT molecular complexity index is 675. The van der Waals surface area contributed by atoms with Crippen molar-refractivity contribution in [2.75, 3.05) is 45.8 Å². The third-order valence-electron chi connectivity index (χ3n) is 5.27. The molecule has 2 aliphatic heterocycles. The van der Waals surface area contributed by atoms with Crippen LogP contribution in [0.15, 0.2) is 12.3 Å². The van der Waals surface area contributed by atoms with Gasteiger partial charge in [0.1, 0.15) is 6.54 Å². The van der Waals surface area contributed by atoms with E-state index in [-0.39, 0.29) is 18.4 Å². The molecule has 0 unspecified atom stereocenters. The third kappa shape index (κ3) is 5.46. The number of carbonyl (C=O) groups is 2. The Morgan fingerprint density at radius 3 is 2.00 bits per heavy atom. The van der Waals surface area contributed by atoms with Gasteiger partial charge in [-0.15, -0.1) is 0 Å². The van der Waals surface area contributed by atoms with Crippen LogP contribution in [0.2, 0.25) is 0 Å². The lowest BCUT2D eigenvalue weighted by Gasteiger charge is -2.35. The summed E-state index contributed by atoms with van der Waals surface area (Å²) in [4.78, 5) is 30.4. The van der Waals surface area contributed by atoms with Crippen molar-refractivity contribution < 1.29 is 22.8 Å². The largest absolute Gasteiger partial charge is 0.435 e. The first-order valence-corrected chi connectivity index (χ1v) is 9.71. The lowest BCUT2D eigenvalue weighted by molar-refractivity contribution is -0.142. The SMILES string of the molecule is O=C(CN1CCN(C(=O)Cn2ccc(C(F)(F)F)n2)CC1)N1CCCCCC1. The van der Waals surface area contributed by atoms with Crippen molar-refractivity contribution in [3.63, 3.8) is 0 Å². The topological polar surface area (TPSA) is 61.7 Å². The lowest BCUT2D eigenvalue weighted by atomic mass is 10.2. The van der Waals surface area contributed by atoms with Crippen molar-refractivity contribution in [3.8, 4) is 0 Å². The van der Waals surface area contributed by atoms with E-state index >= 15 is 0 Å². The third-order valence-corrected chi connectivity index (χ3v) is 5.27. The quantitative estimate of drug-likeness (QED) is 0.766. The summed E-state index contributed by atoms with van der Waals surface area (Å²) in [5.41, 5.74) is -1.00. The zero-order valence-electron chi connectivity index (χ0n) is 15.8. The number of amides is 2. The number of aromatic nitrogens is 2. The van der Waals surface area contributed by atoms with Crippen LogP contribution in [0, 0.1) is 0 Å². The van der Waals surface area contributed by atoms with Gasteiger partial charge in [0, 0.05) is 45.5 Å². The molecular weight excluding hydrogens is 375 g/mol. The molecule has 10 heteroatoms. The maximum atomic E-state index is 12.6. The molecule has 0 N–H and O–H groups in total. The first-order chi connectivity index (χ1) is 13.3. The summed E-state index contributed by atoms with van der Waals surface area (Å²) in [6.45, 7) is 3.86. The molecule has 0 atom stereocenters. The van der Waals surface area contributed by atoms with E-state index in [0.717, 1.165) is 42.9 Å². The molecular formula is C18H26F3N5O2. The molecule has 1 aromatic rings. The van der Waals surface area contributed by atoms with E-state index in [0.29, 0.717) is 32.7 Å². The van der Waals surface area contributed by atoms with E-state index in [1.807, 2.05) is 9.80 Å². The monoisotopic (exact) mass is 401 g/mol. The van der Waals surface area contributed by atoms with E-state index < -0.39 is 11.9 Å². The Kier molecular flexibility index (Phi) is 6.58. The average Bonchev–Trinajstić information content (AvgIpc) is 2.96. The normalized spacial score (nSPS) is 19.5. The van der Waals surface area contributed by atoms with Crippen LogP contribution in [0.5, 0.6) is 0 Å². The van der Waals surface area contributed by atoms with Gasteiger partial charge in [-0.25, -0.2) is 0 Å². The van der Waals surface area contributed by atoms with Crippen LogP contribution in [-0.4, -0.2) is 82.1 Å². The number of piperazine rings is 1. The molecule has 0 saturated carbocycles. The molecule has 28 heavy (non-hydrogen) atoms. The second-order valence-electron chi connectivity index (χ2n) is 7.35. The highest BCUT2D eigenvalue weighted by molar-refractivity contribution is 5.78. The first kappa shape index (κ1) is 20.6. The van der Waals surface area contributed by atoms with Crippen molar-refractivity contribution in [2.24, 2.45) is 0 Å². The molecule has 0 spiro atoms. The molecule has 0 aromatic carbocycles. The number of hydrogen-bond acceptors (Lipinski definition) is 4. The number of carbonyl (C=O) groups excluding carboxylic acids is 2. The summed E-state index contributed by atoms with van der Waals surface area (Å²) in [6.07, 6.45) is 1.10. The molecule has 1 aromatic heterocycles. The number of hydrogen-bond donors (Lipinski definition) is 0. The summed E-state index contributed by atoms with van der Waals surface area (Å²) in [7, 11) is 0. The summed E-state index contributed by atoms with van der Waals surface area (Å²) < 4.78 is 38.8. The van der Waals surface area contributed by atoms with Gasteiger partial charge < -0.3 is 9.80 Å². The molecule has 2 fully saturated rings. The van der Waals surface area contributed by atoms with Crippen LogP contribution in [-0.2, 0) is 22.3 Å². The maximum absolute atomic E-state index is 12.6. The van der Waals surface area contributed by atoms with Crippen molar-refractivity contribution in [1.82, 2.24) is 24.5 Å². The minimum absolute atomic E-state index is 0.137. The highest BCUT2D eigenvalue weighted by atomic mass is 19.4. The van der Waals surface area contributed by atoms with Gasteiger partial charge in [-0.05, 0) is 18.9 Å². The molecule has 0 bridgehead atoms. The Morgan fingerprint density at radius 2 is 1.43 bits per heavy atom. The van der Waals surface area contributed by atoms with Gasteiger partial charge in [0.2, 0.25) is 11.8 Å². The van der Waals surface area contributed by atoms with E-state index in [1.165, 1.54) is 12.8 Å².